The summed E-state index contributed by atoms with van der Waals surface area (Å²) in [4.78, 5) is 13.3. The molecule has 0 amide bonds. The van der Waals surface area contributed by atoms with Crippen LogP contribution in [0.1, 0.15) is 62.7 Å². The van der Waals surface area contributed by atoms with Gasteiger partial charge in [-0.15, -0.1) is 0 Å². The topological polar surface area (TPSA) is 49.8 Å². The number of nitrogens with zero attached hydrogens (tertiary/aromatic N) is 1. The monoisotopic (exact) mass is 459 g/mol. The normalized spacial score (nSPS) is 16.2. The Kier molecular flexibility index (Phi) is 9.82. The molecule has 1 heterocycles. The van der Waals surface area contributed by atoms with Gasteiger partial charge in [0, 0.05) is 6.54 Å². The molecule has 1 unspecified atom stereocenters. The lowest BCUT2D eigenvalue weighted by atomic mass is 9.90. The number of aliphatic carboxylic acids is 1. The number of unbranched alkanes of at least 4 members (excludes halogenated alkanes) is 1. The first-order valence-corrected chi connectivity index (χ1v) is 12.0. The average Bonchev–Trinajstić information content (AvgIpc) is 2.82. The molecule has 0 saturated carbocycles. The van der Waals surface area contributed by atoms with Gasteiger partial charge >= 0.3 is 5.97 Å². The Balaban J connectivity index is 1.42. The summed E-state index contributed by atoms with van der Waals surface area (Å²) in [7, 11) is 0. The number of carbonyl (C=O) groups is 1. The number of hydrogen-bond donors (Lipinski definition) is 1. The molecule has 6 heteroatoms. The average molecular weight is 460 g/mol. The van der Waals surface area contributed by atoms with Crippen molar-refractivity contribution in [3.8, 4) is 0 Å². The highest BCUT2D eigenvalue weighted by molar-refractivity contribution is 5.69. The van der Waals surface area contributed by atoms with Crippen LogP contribution < -0.4 is 0 Å². The van der Waals surface area contributed by atoms with Gasteiger partial charge in [-0.2, -0.15) is 0 Å². The van der Waals surface area contributed by atoms with Crippen molar-refractivity contribution in [3.05, 3.63) is 71.3 Å². The first-order chi connectivity index (χ1) is 15.9. The molecule has 1 N–H and O–H groups in total. The number of likely N-dealkylation sites (tertiary alicyclic amines) is 1. The fourth-order valence-corrected chi connectivity index (χ4v) is 4.47. The Hall–Kier alpha value is -2.31. The maximum absolute atomic E-state index is 13.4. The molecule has 0 bridgehead atoms. The largest absolute Gasteiger partial charge is 0.481 e. The maximum atomic E-state index is 13.4. The Morgan fingerprint density at radius 2 is 1.55 bits per heavy atom. The summed E-state index contributed by atoms with van der Waals surface area (Å²) in [6, 6.07) is 12.5. The van der Waals surface area contributed by atoms with Crippen molar-refractivity contribution in [2.45, 2.75) is 51.6 Å². The van der Waals surface area contributed by atoms with E-state index in [-0.39, 0.29) is 23.7 Å². The number of halogens is 2. The van der Waals surface area contributed by atoms with Crippen LogP contribution in [-0.2, 0) is 9.53 Å². The molecule has 1 atom stereocenters. The minimum atomic E-state index is -0.702. The summed E-state index contributed by atoms with van der Waals surface area (Å²) in [6.07, 6.45) is 5.97. The highest BCUT2D eigenvalue weighted by Crippen LogP contribution is 2.27. The van der Waals surface area contributed by atoms with E-state index in [9.17, 15) is 13.6 Å². The van der Waals surface area contributed by atoms with E-state index in [0.717, 1.165) is 62.9 Å². The van der Waals surface area contributed by atoms with E-state index in [4.69, 9.17) is 9.84 Å². The summed E-state index contributed by atoms with van der Waals surface area (Å²) >= 11 is 0. The molecule has 4 nitrogen and oxygen atoms in total. The number of hydrogen-bond acceptors (Lipinski definition) is 3. The minimum Gasteiger partial charge on any atom is -0.481 e. The van der Waals surface area contributed by atoms with Crippen LogP contribution >= 0.6 is 0 Å². The van der Waals surface area contributed by atoms with Gasteiger partial charge in [0.05, 0.1) is 12.5 Å². The van der Waals surface area contributed by atoms with Gasteiger partial charge < -0.3 is 14.7 Å². The van der Waals surface area contributed by atoms with Gasteiger partial charge in [-0.05, 0) is 73.7 Å². The van der Waals surface area contributed by atoms with Gasteiger partial charge in [0.1, 0.15) is 17.7 Å². The zero-order chi connectivity index (χ0) is 23.6. The van der Waals surface area contributed by atoms with Gasteiger partial charge in [-0.3, -0.25) is 4.79 Å². The highest BCUT2D eigenvalue weighted by atomic mass is 19.1. The summed E-state index contributed by atoms with van der Waals surface area (Å²) in [5.41, 5.74) is 1.69. The first kappa shape index (κ1) is 25.3. The molecule has 33 heavy (non-hydrogen) atoms. The standard InChI is InChI=1S/C27H35F2NO3/c1-20(27(31)32)4-2-3-5-21-14-16-30(17-15-21)18-19-33-26(22-6-10-24(28)11-7-22)23-8-12-25(29)13-9-23/h6-13,20-21,26H,2-5,14-19H2,1H3,(H,31,32). The van der Waals surface area contributed by atoms with Crippen LogP contribution in [-0.4, -0.2) is 42.2 Å². The van der Waals surface area contributed by atoms with Gasteiger partial charge in [0.15, 0.2) is 0 Å². The van der Waals surface area contributed by atoms with E-state index < -0.39 is 5.97 Å². The van der Waals surface area contributed by atoms with E-state index in [1.165, 1.54) is 30.7 Å². The SMILES string of the molecule is CC(CCCCC1CCN(CCOC(c2ccc(F)cc2)c2ccc(F)cc2)CC1)C(=O)O. The molecule has 2 aromatic rings. The molecular weight excluding hydrogens is 424 g/mol. The molecule has 0 aromatic heterocycles. The second-order valence-electron chi connectivity index (χ2n) is 9.16. The third-order valence-corrected chi connectivity index (χ3v) is 6.67. The summed E-state index contributed by atoms with van der Waals surface area (Å²) in [5, 5.41) is 8.97. The highest BCUT2D eigenvalue weighted by Gasteiger charge is 2.20. The van der Waals surface area contributed by atoms with Crippen LogP contribution in [0, 0.1) is 23.5 Å². The Bertz CT molecular complexity index is 803. The lowest BCUT2D eigenvalue weighted by Crippen LogP contribution is -2.36. The van der Waals surface area contributed by atoms with Gasteiger partial charge in [-0.25, -0.2) is 8.78 Å². The fourth-order valence-electron chi connectivity index (χ4n) is 4.47. The summed E-state index contributed by atoms with van der Waals surface area (Å²) in [5.74, 6) is -0.827. The zero-order valence-electron chi connectivity index (χ0n) is 19.4. The van der Waals surface area contributed by atoms with Crippen molar-refractivity contribution in [2.75, 3.05) is 26.2 Å². The van der Waals surface area contributed by atoms with Crippen molar-refractivity contribution in [2.24, 2.45) is 11.8 Å². The van der Waals surface area contributed by atoms with Crippen molar-refractivity contribution in [3.63, 3.8) is 0 Å². The third kappa shape index (κ3) is 8.20. The molecule has 1 saturated heterocycles. The molecule has 3 rings (SSSR count). The Morgan fingerprint density at radius 3 is 2.06 bits per heavy atom. The lowest BCUT2D eigenvalue weighted by molar-refractivity contribution is -0.141. The predicted molar refractivity (Wildman–Crippen MR) is 125 cm³/mol. The first-order valence-electron chi connectivity index (χ1n) is 12.0. The lowest BCUT2D eigenvalue weighted by Gasteiger charge is -2.32. The van der Waals surface area contributed by atoms with E-state index in [0.29, 0.717) is 12.5 Å². The van der Waals surface area contributed by atoms with Crippen molar-refractivity contribution in [1.29, 1.82) is 0 Å². The van der Waals surface area contributed by atoms with Gasteiger partial charge in [0.2, 0.25) is 0 Å². The number of rotatable bonds is 12. The second-order valence-corrected chi connectivity index (χ2v) is 9.16. The van der Waals surface area contributed by atoms with E-state index >= 15 is 0 Å². The molecule has 180 valence electrons. The number of carboxylic acid groups (broad SMARTS) is 1. The van der Waals surface area contributed by atoms with Crippen LogP contribution in [0.3, 0.4) is 0 Å². The van der Waals surface area contributed by atoms with E-state index in [1.54, 1.807) is 31.2 Å². The van der Waals surface area contributed by atoms with Crippen molar-refractivity contribution < 1.29 is 23.4 Å². The fraction of sp³-hybridized carbons (Fsp3) is 0.519. The molecule has 2 aromatic carbocycles. The Labute approximate surface area is 195 Å². The number of piperidine rings is 1. The number of carboxylic acids is 1. The van der Waals surface area contributed by atoms with E-state index in [1.807, 2.05) is 0 Å². The smallest absolute Gasteiger partial charge is 0.306 e. The van der Waals surface area contributed by atoms with Crippen LogP contribution in [0.2, 0.25) is 0 Å². The van der Waals surface area contributed by atoms with Gasteiger partial charge in [0.25, 0.3) is 0 Å². The van der Waals surface area contributed by atoms with Crippen LogP contribution in [0.5, 0.6) is 0 Å². The quantitative estimate of drug-likeness (QED) is 0.392. The van der Waals surface area contributed by atoms with Gasteiger partial charge in [-0.1, -0.05) is 50.5 Å². The van der Waals surface area contributed by atoms with Crippen LogP contribution in [0.25, 0.3) is 0 Å². The van der Waals surface area contributed by atoms with Crippen molar-refractivity contribution >= 4 is 5.97 Å². The minimum absolute atomic E-state index is 0.250. The van der Waals surface area contributed by atoms with Crippen LogP contribution in [0.15, 0.2) is 48.5 Å². The maximum Gasteiger partial charge on any atom is 0.306 e. The molecule has 0 spiro atoms. The molecule has 0 radical (unpaired) electrons. The zero-order valence-corrected chi connectivity index (χ0v) is 19.4. The second kappa shape index (κ2) is 12.8. The Morgan fingerprint density at radius 1 is 1.00 bits per heavy atom. The van der Waals surface area contributed by atoms with Crippen LogP contribution in [0.4, 0.5) is 8.78 Å². The van der Waals surface area contributed by atoms with E-state index in [2.05, 4.69) is 4.90 Å². The third-order valence-electron chi connectivity index (χ3n) is 6.67. The molecule has 1 aliphatic heterocycles. The number of ether oxygens (including phenoxy) is 1. The number of benzene rings is 2. The molecule has 0 aliphatic carbocycles. The molecule has 1 aliphatic rings. The summed E-state index contributed by atoms with van der Waals surface area (Å²) < 4.78 is 33.0. The predicted octanol–water partition coefficient (Wildman–Crippen LogP) is 6.06. The molecular formula is C27H35F2NO3. The molecule has 1 fully saturated rings. The summed E-state index contributed by atoms with van der Waals surface area (Å²) in [6.45, 7) is 5.22. The van der Waals surface area contributed by atoms with Crippen molar-refractivity contribution in [1.82, 2.24) is 4.90 Å².